The standard InChI is InChI=1S/C15H19N/c1-3-5-13(4-2)6-7-14-8-10-15(12-16)11-9-14/h3-11H,12,16H2,1-2H3/b5-3-,7-6-,13-4+. The summed E-state index contributed by atoms with van der Waals surface area (Å²) >= 11 is 0. The van der Waals surface area contributed by atoms with Crippen LogP contribution >= 0.6 is 0 Å². The monoisotopic (exact) mass is 213 g/mol. The number of hydrogen-bond donors (Lipinski definition) is 1. The van der Waals surface area contributed by atoms with E-state index in [4.69, 9.17) is 5.73 Å². The number of allylic oxidation sites excluding steroid dienone is 5. The topological polar surface area (TPSA) is 26.0 Å². The molecule has 0 bridgehead atoms. The zero-order valence-corrected chi connectivity index (χ0v) is 9.98. The smallest absolute Gasteiger partial charge is 0.0178 e. The van der Waals surface area contributed by atoms with E-state index in [0.717, 1.165) is 5.56 Å². The van der Waals surface area contributed by atoms with Crippen LogP contribution in [-0.4, -0.2) is 0 Å². The largest absolute Gasteiger partial charge is 0.326 e. The lowest BCUT2D eigenvalue weighted by Gasteiger charge is -1.97. The van der Waals surface area contributed by atoms with Gasteiger partial charge in [0.25, 0.3) is 0 Å². The van der Waals surface area contributed by atoms with Crippen molar-refractivity contribution in [2.45, 2.75) is 20.4 Å². The van der Waals surface area contributed by atoms with Crippen molar-refractivity contribution in [2.24, 2.45) is 5.73 Å². The molecule has 0 fully saturated rings. The fourth-order valence-corrected chi connectivity index (χ4v) is 1.40. The molecule has 1 nitrogen and oxygen atoms in total. The molecular formula is C15H19N. The quantitative estimate of drug-likeness (QED) is 0.759. The van der Waals surface area contributed by atoms with Gasteiger partial charge in [0.2, 0.25) is 0 Å². The highest BCUT2D eigenvalue weighted by Gasteiger charge is 1.89. The minimum atomic E-state index is 0.600. The van der Waals surface area contributed by atoms with Crippen LogP contribution in [0.3, 0.4) is 0 Å². The minimum Gasteiger partial charge on any atom is -0.326 e. The fourth-order valence-electron chi connectivity index (χ4n) is 1.40. The molecule has 0 saturated carbocycles. The van der Waals surface area contributed by atoms with Crippen LogP contribution in [0.25, 0.3) is 6.08 Å². The highest BCUT2D eigenvalue weighted by Crippen LogP contribution is 2.08. The molecule has 0 heterocycles. The van der Waals surface area contributed by atoms with Crippen molar-refractivity contribution in [2.75, 3.05) is 0 Å². The summed E-state index contributed by atoms with van der Waals surface area (Å²) in [6.45, 7) is 4.66. The summed E-state index contributed by atoms with van der Waals surface area (Å²) in [7, 11) is 0. The van der Waals surface area contributed by atoms with E-state index in [1.54, 1.807) is 0 Å². The molecule has 1 aromatic carbocycles. The van der Waals surface area contributed by atoms with Gasteiger partial charge >= 0.3 is 0 Å². The molecule has 0 spiro atoms. The second-order valence-corrected chi connectivity index (χ2v) is 3.57. The number of nitrogens with two attached hydrogens (primary N) is 1. The SMILES string of the molecule is C\C=C/C(/C=C\c1ccc(CN)cc1)=C\C. The number of hydrogen-bond acceptors (Lipinski definition) is 1. The van der Waals surface area contributed by atoms with E-state index in [9.17, 15) is 0 Å². The van der Waals surface area contributed by atoms with Gasteiger partial charge < -0.3 is 5.73 Å². The van der Waals surface area contributed by atoms with Crippen molar-refractivity contribution < 1.29 is 0 Å². The Morgan fingerprint density at radius 1 is 1.12 bits per heavy atom. The minimum absolute atomic E-state index is 0.600. The molecule has 0 aromatic heterocycles. The van der Waals surface area contributed by atoms with E-state index in [1.165, 1.54) is 11.1 Å². The Kier molecular flexibility index (Phi) is 5.30. The van der Waals surface area contributed by atoms with Crippen molar-refractivity contribution in [1.29, 1.82) is 0 Å². The molecule has 0 radical (unpaired) electrons. The van der Waals surface area contributed by atoms with Crippen molar-refractivity contribution in [3.63, 3.8) is 0 Å². The number of rotatable bonds is 4. The normalized spacial score (nSPS) is 12.8. The maximum atomic E-state index is 5.55. The molecule has 0 atom stereocenters. The van der Waals surface area contributed by atoms with E-state index in [-0.39, 0.29) is 0 Å². The van der Waals surface area contributed by atoms with Crippen LogP contribution in [-0.2, 0) is 6.54 Å². The van der Waals surface area contributed by atoms with Crippen LogP contribution in [0, 0.1) is 0 Å². The van der Waals surface area contributed by atoms with Gasteiger partial charge in [-0.25, -0.2) is 0 Å². The zero-order chi connectivity index (χ0) is 11.8. The van der Waals surface area contributed by atoms with Crippen LogP contribution in [0.2, 0.25) is 0 Å². The van der Waals surface area contributed by atoms with E-state index in [2.05, 4.69) is 48.6 Å². The van der Waals surface area contributed by atoms with Gasteiger partial charge in [0.05, 0.1) is 0 Å². The third-order valence-electron chi connectivity index (χ3n) is 2.38. The van der Waals surface area contributed by atoms with Gasteiger partial charge in [0.1, 0.15) is 0 Å². The Morgan fingerprint density at radius 3 is 2.31 bits per heavy atom. The zero-order valence-electron chi connectivity index (χ0n) is 9.98. The first-order valence-corrected chi connectivity index (χ1v) is 5.56. The van der Waals surface area contributed by atoms with Crippen molar-refractivity contribution >= 4 is 6.08 Å². The summed E-state index contributed by atoms with van der Waals surface area (Å²) in [6, 6.07) is 8.29. The molecule has 2 N–H and O–H groups in total. The molecule has 0 aliphatic rings. The van der Waals surface area contributed by atoms with Crippen LogP contribution in [0.1, 0.15) is 25.0 Å². The lowest BCUT2D eigenvalue weighted by atomic mass is 10.1. The summed E-state index contributed by atoms with van der Waals surface area (Å²) in [4.78, 5) is 0. The molecule has 0 saturated heterocycles. The third kappa shape index (κ3) is 3.87. The molecule has 84 valence electrons. The van der Waals surface area contributed by atoms with E-state index >= 15 is 0 Å². The Morgan fingerprint density at radius 2 is 1.81 bits per heavy atom. The van der Waals surface area contributed by atoms with Gasteiger partial charge in [-0.1, -0.05) is 54.6 Å². The van der Waals surface area contributed by atoms with Crippen molar-refractivity contribution in [3.8, 4) is 0 Å². The fraction of sp³-hybridized carbons (Fsp3) is 0.200. The van der Waals surface area contributed by atoms with Gasteiger partial charge in [0, 0.05) is 6.54 Å². The Labute approximate surface area is 98.0 Å². The van der Waals surface area contributed by atoms with Crippen LogP contribution in [0.15, 0.2) is 54.1 Å². The molecule has 1 rings (SSSR count). The molecule has 1 aromatic rings. The highest BCUT2D eigenvalue weighted by molar-refractivity contribution is 5.54. The van der Waals surface area contributed by atoms with Gasteiger partial charge in [-0.05, 0) is 30.5 Å². The summed E-state index contributed by atoms with van der Waals surface area (Å²) < 4.78 is 0. The average molecular weight is 213 g/mol. The predicted octanol–water partition coefficient (Wildman–Crippen LogP) is 3.68. The molecule has 0 unspecified atom stereocenters. The molecule has 1 heteroatoms. The third-order valence-corrected chi connectivity index (χ3v) is 2.38. The van der Waals surface area contributed by atoms with Crippen LogP contribution in [0.5, 0.6) is 0 Å². The van der Waals surface area contributed by atoms with Gasteiger partial charge in [-0.15, -0.1) is 0 Å². The lowest BCUT2D eigenvalue weighted by molar-refractivity contribution is 1.07. The van der Waals surface area contributed by atoms with Gasteiger partial charge in [0.15, 0.2) is 0 Å². The predicted molar refractivity (Wildman–Crippen MR) is 71.9 cm³/mol. The highest BCUT2D eigenvalue weighted by atomic mass is 14.5. The van der Waals surface area contributed by atoms with Gasteiger partial charge in [-0.3, -0.25) is 0 Å². The Balaban J connectivity index is 2.75. The summed E-state index contributed by atoms with van der Waals surface area (Å²) in [6.07, 6.45) is 10.4. The molecule has 0 aliphatic carbocycles. The average Bonchev–Trinajstić information content (AvgIpc) is 2.35. The summed E-state index contributed by atoms with van der Waals surface area (Å²) in [5, 5.41) is 0. The van der Waals surface area contributed by atoms with E-state index in [0.29, 0.717) is 6.54 Å². The Hall–Kier alpha value is -1.60. The van der Waals surface area contributed by atoms with Crippen molar-refractivity contribution in [1.82, 2.24) is 0 Å². The molecule has 0 amide bonds. The maximum absolute atomic E-state index is 5.55. The second-order valence-electron chi connectivity index (χ2n) is 3.57. The molecule has 16 heavy (non-hydrogen) atoms. The first kappa shape index (κ1) is 12.5. The first-order valence-electron chi connectivity index (χ1n) is 5.56. The number of benzene rings is 1. The van der Waals surface area contributed by atoms with E-state index in [1.807, 2.05) is 19.9 Å². The Bertz CT molecular complexity index is 394. The molecule has 0 aliphatic heterocycles. The van der Waals surface area contributed by atoms with Crippen molar-refractivity contribution in [3.05, 3.63) is 65.3 Å². The lowest BCUT2D eigenvalue weighted by Crippen LogP contribution is -1.94. The first-order chi connectivity index (χ1) is 7.80. The second kappa shape index (κ2) is 6.81. The summed E-state index contributed by atoms with van der Waals surface area (Å²) in [5.41, 5.74) is 9.12. The van der Waals surface area contributed by atoms with Crippen LogP contribution < -0.4 is 5.73 Å². The van der Waals surface area contributed by atoms with Gasteiger partial charge in [-0.2, -0.15) is 0 Å². The van der Waals surface area contributed by atoms with E-state index < -0.39 is 0 Å². The maximum Gasteiger partial charge on any atom is 0.0178 e. The summed E-state index contributed by atoms with van der Waals surface area (Å²) in [5.74, 6) is 0. The molecular weight excluding hydrogens is 194 g/mol. The van der Waals surface area contributed by atoms with Crippen LogP contribution in [0.4, 0.5) is 0 Å².